The van der Waals surface area contributed by atoms with E-state index in [2.05, 4.69) is 16.4 Å². The molecule has 0 aliphatic heterocycles. The quantitative estimate of drug-likeness (QED) is 0.674. The fraction of sp³-hybridized carbons (Fsp3) is 0.286. The molecule has 1 aliphatic carbocycles. The van der Waals surface area contributed by atoms with E-state index in [1.807, 2.05) is 37.3 Å². The van der Waals surface area contributed by atoms with Crippen molar-refractivity contribution in [1.82, 2.24) is 10.3 Å². The highest BCUT2D eigenvalue weighted by atomic mass is 35.5. The lowest BCUT2D eigenvalue weighted by atomic mass is 9.90. The van der Waals surface area contributed by atoms with Crippen molar-refractivity contribution < 1.29 is 14.7 Å². The number of nitrogens with one attached hydrogen (secondary N) is 1. The number of thiazole rings is 1. The average Bonchev–Trinajstić information content (AvgIpc) is 3.08. The molecule has 0 fully saturated rings. The van der Waals surface area contributed by atoms with E-state index in [1.54, 1.807) is 0 Å². The van der Waals surface area contributed by atoms with Crippen molar-refractivity contribution in [2.45, 2.75) is 38.6 Å². The number of halogens is 1. The van der Waals surface area contributed by atoms with E-state index < -0.39 is 12.0 Å². The third-order valence-corrected chi connectivity index (χ3v) is 5.69. The monoisotopic (exact) mass is 416 g/mol. The molecule has 1 amide bonds. The second-order valence-corrected chi connectivity index (χ2v) is 8.41. The number of hydrogen-bond donors (Lipinski definition) is 2. The van der Waals surface area contributed by atoms with Crippen LogP contribution < -0.4 is 5.32 Å². The average molecular weight is 417 g/mol. The van der Waals surface area contributed by atoms with Crippen LogP contribution >= 0.6 is 22.9 Å². The molecule has 0 unspecified atom stereocenters. The van der Waals surface area contributed by atoms with Crippen LogP contribution in [0.3, 0.4) is 0 Å². The maximum atomic E-state index is 12.4. The zero-order valence-electron chi connectivity index (χ0n) is 15.4. The number of carbonyl (C=O) groups is 2. The van der Waals surface area contributed by atoms with Crippen molar-refractivity contribution in [3.05, 3.63) is 68.7 Å². The predicted octanol–water partition coefficient (Wildman–Crippen LogP) is 4.87. The van der Waals surface area contributed by atoms with Crippen molar-refractivity contribution in [2.75, 3.05) is 0 Å². The Hall–Kier alpha value is -2.44. The fourth-order valence-electron chi connectivity index (χ4n) is 3.20. The van der Waals surface area contributed by atoms with E-state index in [1.165, 1.54) is 23.1 Å². The van der Waals surface area contributed by atoms with Gasteiger partial charge in [-0.3, -0.25) is 9.59 Å². The molecule has 146 valence electrons. The number of rotatable bonds is 7. The molecule has 0 saturated heterocycles. The highest BCUT2D eigenvalue weighted by molar-refractivity contribution is 7.13. The van der Waals surface area contributed by atoms with E-state index in [9.17, 15) is 14.7 Å². The van der Waals surface area contributed by atoms with Gasteiger partial charge < -0.3 is 10.4 Å². The molecule has 28 heavy (non-hydrogen) atoms. The lowest BCUT2D eigenvalue weighted by Crippen LogP contribution is -2.36. The minimum Gasteiger partial charge on any atom is -0.481 e. The Morgan fingerprint density at radius 1 is 1.32 bits per heavy atom. The number of aliphatic carboxylic acids is 1. The van der Waals surface area contributed by atoms with Gasteiger partial charge in [0.2, 0.25) is 0 Å². The number of nitrogens with zero attached hydrogens (tertiary/aromatic N) is 1. The van der Waals surface area contributed by atoms with Gasteiger partial charge >= 0.3 is 5.97 Å². The Morgan fingerprint density at radius 3 is 2.75 bits per heavy atom. The lowest BCUT2D eigenvalue weighted by molar-refractivity contribution is -0.137. The second-order valence-electron chi connectivity index (χ2n) is 6.74. The summed E-state index contributed by atoms with van der Waals surface area (Å²) < 4.78 is 0. The Balaban J connectivity index is 1.69. The predicted molar refractivity (Wildman–Crippen MR) is 112 cm³/mol. The minimum absolute atomic E-state index is 0.119. The second kappa shape index (κ2) is 9.17. The number of aryl methyl sites for hydroxylation is 1. The Labute approximate surface area is 172 Å². The van der Waals surface area contributed by atoms with Gasteiger partial charge in [-0.1, -0.05) is 41.5 Å². The van der Waals surface area contributed by atoms with Gasteiger partial charge in [-0.25, -0.2) is 4.98 Å². The Morgan fingerprint density at radius 2 is 2.14 bits per heavy atom. The SMILES string of the molecule is Cc1ncc(C(=O)N[C@@H](CC(=O)O)CC2=CC=C(c3cccc(Cl)c3)CC2)s1. The summed E-state index contributed by atoms with van der Waals surface area (Å²) in [5, 5.41) is 13.6. The molecule has 0 radical (unpaired) electrons. The zero-order chi connectivity index (χ0) is 20.1. The van der Waals surface area contributed by atoms with Gasteiger partial charge in [-0.2, -0.15) is 0 Å². The van der Waals surface area contributed by atoms with Gasteiger partial charge in [-0.05, 0) is 49.5 Å². The van der Waals surface area contributed by atoms with Crippen LogP contribution in [-0.2, 0) is 4.79 Å². The van der Waals surface area contributed by atoms with Gasteiger partial charge in [0.05, 0.1) is 17.6 Å². The number of allylic oxidation sites excluding steroid dienone is 3. The van der Waals surface area contributed by atoms with Crippen LogP contribution in [-0.4, -0.2) is 28.0 Å². The first-order valence-electron chi connectivity index (χ1n) is 9.00. The molecule has 1 atom stereocenters. The van der Waals surface area contributed by atoms with Crippen molar-refractivity contribution in [3.8, 4) is 0 Å². The maximum Gasteiger partial charge on any atom is 0.305 e. The topological polar surface area (TPSA) is 79.3 Å². The van der Waals surface area contributed by atoms with Crippen molar-refractivity contribution in [3.63, 3.8) is 0 Å². The van der Waals surface area contributed by atoms with Crippen LogP contribution in [0.4, 0.5) is 0 Å². The van der Waals surface area contributed by atoms with Crippen molar-refractivity contribution >= 4 is 40.4 Å². The number of amides is 1. The number of hydrogen-bond acceptors (Lipinski definition) is 4. The summed E-state index contributed by atoms with van der Waals surface area (Å²) in [4.78, 5) is 28.2. The van der Waals surface area contributed by atoms with Crippen LogP contribution in [0.25, 0.3) is 5.57 Å². The summed E-state index contributed by atoms with van der Waals surface area (Å²) >= 11 is 7.36. The van der Waals surface area contributed by atoms with Gasteiger partial charge in [0, 0.05) is 11.1 Å². The van der Waals surface area contributed by atoms with Gasteiger partial charge in [0.1, 0.15) is 4.88 Å². The first-order valence-corrected chi connectivity index (χ1v) is 10.2. The third-order valence-electron chi connectivity index (χ3n) is 4.54. The Kier molecular flexibility index (Phi) is 6.65. The molecule has 5 nitrogen and oxygen atoms in total. The molecule has 0 bridgehead atoms. The highest BCUT2D eigenvalue weighted by Crippen LogP contribution is 2.30. The Bertz CT molecular complexity index is 949. The molecule has 1 aromatic carbocycles. The molecule has 2 N–H and O–H groups in total. The maximum absolute atomic E-state index is 12.4. The highest BCUT2D eigenvalue weighted by Gasteiger charge is 2.20. The number of carbonyl (C=O) groups excluding carboxylic acids is 1. The molecule has 1 aromatic heterocycles. The number of carboxylic acid groups (broad SMARTS) is 1. The van der Waals surface area contributed by atoms with Crippen molar-refractivity contribution in [1.29, 1.82) is 0 Å². The molecular weight excluding hydrogens is 396 g/mol. The van der Waals surface area contributed by atoms with Gasteiger partial charge in [-0.15, -0.1) is 11.3 Å². The minimum atomic E-state index is -0.933. The van der Waals surface area contributed by atoms with E-state index in [0.29, 0.717) is 16.3 Å². The van der Waals surface area contributed by atoms with Crippen LogP contribution in [0, 0.1) is 6.92 Å². The fourth-order valence-corrected chi connectivity index (χ4v) is 4.07. The van der Waals surface area contributed by atoms with Gasteiger partial charge in [0.25, 0.3) is 5.91 Å². The lowest BCUT2D eigenvalue weighted by Gasteiger charge is -2.21. The normalized spacial score (nSPS) is 14.8. The van der Waals surface area contributed by atoms with Gasteiger partial charge in [0.15, 0.2) is 0 Å². The molecule has 2 aromatic rings. The number of benzene rings is 1. The summed E-state index contributed by atoms with van der Waals surface area (Å²) in [6.07, 6.45) is 7.67. The van der Waals surface area contributed by atoms with E-state index in [0.717, 1.165) is 29.0 Å². The van der Waals surface area contributed by atoms with Crippen molar-refractivity contribution in [2.24, 2.45) is 0 Å². The molecule has 1 heterocycles. The largest absolute Gasteiger partial charge is 0.481 e. The molecule has 0 saturated carbocycles. The summed E-state index contributed by atoms with van der Waals surface area (Å²) in [6.45, 7) is 1.83. The molecule has 0 spiro atoms. The third kappa shape index (κ3) is 5.53. The summed E-state index contributed by atoms with van der Waals surface area (Å²) in [5.41, 5.74) is 3.42. The standard InChI is InChI=1S/C21H21ClN2O3S/c1-13-23-12-19(28-13)21(27)24-18(11-20(25)26)9-14-5-7-15(8-6-14)16-3-2-4-17(22)10-16/h2-5,7,10,12,18H,6,8-9,11H2,1H3,(H,24,27)(H,25,26)/t18-/m1/s1. The van der Waals surface area contributed by atoms with E-state index in [-0.39, 0.29) is 12.3 Å². The number of aromatic nitrogens is 1. The molecule has 7 heteroatoms. The summed E-state index contributed by atoms with van der Waals surface area (Å²) in [6, 6.07) is 7.29. The first kappa shape index (κ1) is 20.3. The van der Waals surface area contributed by atoms with Crippen LogP contribution in [0.2, 0.25) is 5.02 Å². The molecule has 3 rings (SSSR count). The van der Waals surface area contributed by atoms with Crippen LogP contribution in [0.1, 0.15) is 45.9 Å². The van der Waals surface area contributed by atoms with Crippen LogP contribution in [0.5, 0.6) is 0 Å². The number of carboxylic acids is 1. The molecule has 1 aliphatic rings. The van der Waals surface area contributed by atoms with E-state index in [4.69, 9.17) is 11.6 Å². The summed E-state index contributed by atoms with van der Waals surface area (Å²) in [7, 11) is 0. The van der Waals surface area contributed by atoms with E-state index >= 15 is 0 Å². The zero-order valence-corrected chi connectivity index (χ0v) is 17.0. The summed E-state index contributed by atoms with van der Waals surface area (Å²) in [5.74, 6) is -1.21. The van der Waals surface area contributed by atoms with Crippen LogP contribution in [0.15, 0.2) is 48.2 Å². The first-order chi connectivity index (χ1) is 13.4. The smallest absolute Gasteiger partial charge is 0.305 e. The molecular formula is C21H21ClN2O3S.